The second kappa shape index (κ2) is 4.13. The van der Waals surface area contributed by atoms with Crippen molar-refractivity contribution in [1.82, 2.24) is 0 Å². The first-order valence-corrected chi connectivity index (χ1v) is 5.96. The van der Waals surface area contributed by atoms with Gasteiger partial charge < -0.3 is 4.90 Å². The highest BCUT2D eigenvalue weighted by Crippen LogP contribution is 2.30. The zero-order valence-electron chi connectivity index (χ0n) is 10.6. The van der Waals surface area contributed by atoms with Crippen molar-refractivity contribution in [2.24, 2.45) is 0 Å². The van der Waals surface area contributed by atoms with Gasteiger partial charge in [-0.15, -0.1) is 0 Å². The molecule has 17 heavy (non-hydrogen) atoms. The molecular formula is C14H18FNO. The van der Waals surface area contributed by atoms with E-state index >= 15 is 0 Å². The summed E-state index contributed by atoms with van der Waals surface area (Å²) in [6.07, 6.45) is 0.815. The normalized spacial score (nSPS) is 15.3. The van der Waals surface area contributed by atoms with Gasteiger partial charge in [-0.2, -0.15) is 0 Å². The average Bonchev–Trinajstić information content (AvgIpc) is 2.48. The van der Waals surface area contributed by atoms with E-state index in [-0.39, 0.29) is 5.91 Å². The Hall–Kier alpha value is -1.38. The number of hydrogen-bond donors (Lipinski definition) is 0. The average molecular weight is 235 g/mol. The van der Waals surface area contributed by atoms with Crippen LogP contribution in [-0.2, 0) is 11.2 Å². The van der Waals surface area contributed by atoms with Crippen molar-refractivity contribution in [1.29, 1.82) is 0 Å². The predicted molar refractivity (Wildman–Crippen MR) is 67.0 cm³/mol. The molecule has 0 unspecified atom stereocenters. The number of benzene rings is 1. The molecule has 1 aromatic carbocycles. The lowest BCUT2D eigenvalue weighted by atomic mass is 10.1. The summed E-state index contributed by atoms with van der Waals surface area (Å²) in [5.74, 6) is 0.0786. The molecule has 1 aromatic rings. The summed E-state index contributed by atoms with van der Waals surface area (Å²) in [5, 5.41) is 0. The molecule has 0 saturated heterocycles. The number of nitrogens with zero attached hydrogens (tertiary/aromatic N) is 1. The first kappa shape index (κ1) is 12.1. The lowest BCUT2D eigenvalue weighted by Crippen LogP contribution is -2.31. The molecule has 1 heterocycles. The van der Waals surface area contributed by atoms with E-state index in [1.807, 2.05) is 25.1 Å². The highest BCUT2D eigenvalue weighted by Gasteiger charge is 2.28. The Bertz CT molecular complexity index is 448. The molecular weight excluding hydrogens is 217 g/mol. The summed E-state index contributed by atoms with van der Waals surface area (Å²) >= 11 is 0. The Balaban J connectivity index is 2.18. The van der Waals surface area contributed by atoms with Gasteiger partial charge in [0.2, 0.25) is 5.91 Å². The van der Waals surface area contributed by atoms with Crippen molar-refractivity contribution in [3.05, 3.63) is 29.3 Å². The molecule has 1 aliphatic heterocycles. The fraction of sp³-hybridized carbons (Fsp3) is 0.500. The quantitative estimate of drug-likeness (QED) is 0.788. The maximum atomic E-state index is 13.5. The molecule has 2 nitrogen and oxygen atoms in total. The van der Waals surface area contributed by atoms with Gasteiger partial charge in [0.1, 0.15) is 5.67 Å². The van der Waals surface area contributed by atoms with Gasteiger partial charge in [-0.25, -0.2) is 4.39 Å². The van der Waals surface area contributed by atoms with Crippen LogP contribution in [-0.4, -0.2) is 18.1 Å². The fourth-order valence-corrected chi connectivity index (χ4v) is 2.13. The SMILES string of the molecule is Cc1ccc2c(c1)CC(=O)N2CCC(C)(C)F. The molecule has 0 saturated carbocycles. The van der Waals surface area contributed by atoms with E-state index in [4.69, 9.17) is 0 Å². The molecule has 0 aromatic heterocycles. The third-order valence-electron chi connectivity index (χ3n) is 3.10. The number of rotatable bonds is 3. The molecule has 0 N–H and O–H groups in total. The summed E-state index contributed by atoms with van der Waals surface area (Å²) in [6.45, 7) is 5.56. The van der Waals surface area contributed by atoms with Gasteiger partial charge in [0.05, 0.1) is 6.42 Å². The van der Waals surface area contributed by atoms with E-state index < -0.39 is 5.67 Å². The molecule has 0 spiro atoms. The molecule has 92 valence electrons. The van der Waals surface area contributed by atoms with Crippen LogP contribution in [0.4, 0.5) is 10.1 Å². The van der Waals surface area contributed by atoms with Crippen molar-refractivity contribution < 1.29 is 9.18 Å². The number of hydrogen-bond acceptors (Lipinski definition) is 1. The Morgan fingerprint density at radius 2 is 2.12 bits per heavy atom. The minimum absolute atomic E-state index is 0.0786. The number of carbonyl (C=O) groups excluding carboxylic acids is 1. The summed E-state index contributed by atoms with van der Waals surface area (Å²) in [7, 11) is 0. The zero-order valence-corrected chi connectivity index (χ0v) is 10.6. The van der Waals surface area contributed by atoms with Gasteiger partial charge >= 0.3 is 0 Å². The lowest BCUT2D eigenvalue weighted by molar-refractivity contribution is -0.117. The van der Waals surface area contributed by atoms with Gasteiger partial charge in [-0.3, -0.25) is 4.79 Å². The van der Waals surface area contributed by atoms with E-state index in [2.05, 4.69) is 0 Å². The van der Waals surface area contributed by atoms with Gasteiger partial charge in [0.25, 0.3) is 0 Å². The number of fused-ring (bicyclic) bond motifs is 1. The van der Waals surface area contributed by atoms with Crippen LogP contribution in [0.25, 0.3) is 0 Å². The largest absolute Gasteiger partial charge is 0.312 e. The van der Waals surface area contributed by atoms with Crippen LogP contribution in [0.5, 0.6) is 0 Å². The van der Waals surface area contributed by atoms with Crippen LogP contribution in [0.15, 0.2) is 18.2 Å². The van der Waals surface area contributed by atoms with Gasteiger partial charge in [0, 0.05) is 12.2 Å². The molecule has 2 rings (SSSR count). The topological polar surface area (TPSA) is 20.3 Å². The fourth-order valence-electron chi connectivity index (χ4n) is 2.13. The lowest BCUT2D eigenvalue weighted by Gasteiger charge is -2.21. The van der Waals surface area contributed by atoms with Crippen molar-refractivity contribution in [2.75, 3.05) is 11.4 Å². The third kappa shape index (κ3) is 2.65. The Labute approximate surface area is 101 Å². The van der Waals surface area contributed by atoms with Crippen LogP contribution >= 0.6 is 0 Å². The summed E-state index contributed by atoms with van der Waals surface area (Å²) in [6, 6.07) is 5.99. The van der Waals surface area contributed by atoms with E-state index in [1.165, 1.54) is 0 Å². The monoisotopic (exact) mass is 235 g/mol. The number of alkyl halides is 1. The standard InChI is InChI=1S/C14H18FNO/c1-10-4-5-12-11(8-10)9-13(17)16(12)7-6-14(2,3)15/h4-5,8H,6-7,9H2,1-3H3. The smallest absolute Gasteiger partial charge is 0.231 e. The van der Waals surface area contributed by atoms with Crippen LogP contribution in [0, 0.1) is 6.92 Å². The van der Waals surface area contributed by atoms with Crippen LogP contribution in [0.1, 0.15) is 31.4 Å². The molecule has 3 heteroatoms. The van der Waals surface area contributed by atoms with E-state index in [9.17, 15) is 9.18 Å². The second-order valence-electron chi connectivity index (χ2n) is 5.32. The summed E-state index contributed by atoms with van der Waals surface area (Å²) in [4.78, 5) is 13.6. The Morgan fingerprint density at radius 3 is 2.76 bits per heavy atom. The van der Waals surface area contributed by atoms with Gasteiger partial charge in [-0.1, -0.05) is 17.7 Å². The van der Waals surface area contributed by atoms with Crippen LogP contribution in [0.2, 0.25) is 0 Å². The third-order valence-corrected chi connectivity index (χ3v) is 3.10. The molecule has 0 fully saturated rings. The molecule has 1 aliphatic rings. The first-order valence-electron chi connectivity index (χ1n) is 5.96. The van der Waals surface area contributed by atoms with Gasteiger partial charge in [-0.05, 0) is 38.8 Å². The predicted octanol–water partition coefficient (Wildman–Crippen LogP) is 3.02. The zero-order chi connectivity index (χ0) is 12.6. The van der Waals surface area contributed by atoms with Crippen molar-refractivity contribution >= 4 is 11.6 Å². The highest BCUT2D eigenvalue weighted by atomic mass is 19.1. The molecule has 0 radical (unpaired) electrons. The summed E-state index contributed by atoms with van der Waals surface area (Å²) < 4.78 is 13.5. The number of aryl methyl sites for hydroxylation is 1. The van der Waals surface area contributed by atoms with Crippen LogP contribution < -0.4 is 4.90 Å². The maximum Gasteiger partial charge on any atom is 0.231 e. The summed E-state index contributed by atoms with van der Waals surface area (Å²) in [5.41, 5.74) is 1.94. The molecule has 0 aliphatic carbocycles. The second-order valence-corrected chi connectivity index (χ2v) is 5.32. The number of halogens is 1. The maximum absolute atomic E-state index is 13.5. The van der Waals surface area contributed by atoms with E-state index in [0.29, 0.717) is 19.4 Å². The Morgan fingerprint density at radius 1 is 1.41 bits per heavy atom. The Kier molecular flexibility index (Phi) is 2.94. The highest BCUT2D eigenvalue weighted by molar-refractivity contribution is 6.01. The van der Waals surface area contributed by atoms with E-state index in [0.717, 1.165) is 16.8 Å². The van der Waals surface area contributed by atoms with Crippen LogP contribution in [0.3, 0.4) is 0 Å². The molecule has 0 bridgehead atoms. The van der Waals surface area contributed by atoms with Crippen molar-refractivity contribution in [3.63, 3.8) is 0 Å². The number of anilines is 1. The first-order chi connectivity index (χ1) is 7.87. The molecule has 1 amide bonds. The van der Waals surface area contributed by atoms with Crippen molar-refractivity contribution in [2.45, 2.75) is 39.3 Å². The molecule has 0 atom stereocenters. The van der Waals surface area contributed by atoms with Crippen molar-refractivity contribution in [3.8, 4) is 0 Å². The van der Waals surface area contributed by atoms with E-state index in [1.54, 1.807) is 18.7 Å². The minimum Gasteiger partial charge on any atom is -0.312 e. The number of carbonyl (C=O) groups is 1. The minimum atomic E-state index is -1.23. The number of amides is 1. The van der Waals surface area contributed by atoms with Gasteiger partial charge in [0.15, 0.2) is 0 Å².